The van der Waals surface area contributed by atoms with Crippen molar-refractivity contribution in [3.63, 3.8) is 0 Å². The maximum absolute atomic E-state index is 14.0. The molecule has 1 N–H and O–H groups in total. The highest BCUT2D eigenvalue weighted by molar-refractivity contribution is 5.75. The van der Waals surface area contributed by atoms with Gasteiger partial charge in [-0.1, -0.05) is 26.0 Å². The monoisotopic (exact) mass is 460 g/mol. The first-order valence-electron chi connectivity index (χ1n) is 11.4. The third-order valence-corrected chi connectivity index (χ3v) is 6.14. The largest absolute Gasteiger partial charge is 0.464 e. The van der Waals surface area contributed by atoms with Crippen molar-refractivity contribution < 1.29 is 33.3 Å². The molecule has 3 atom stereocenters. The molecule has 0 amide bonds. The van der Waals surface area contributed by atoms with Gasteiger partial charge in [0.1, 0.15) is 18.5 Å². The minimum atomic E-state index is -0.714. The van der Waals surface area contributed by atoms with Gasteiger partial charge in [0.05, 0.1) is 25.2 Å². The second-order valence-electron chi connectivity index (χ2n) is 9.37. The van der Waals surface area contributed by atoms with E-state index >= 15 is 0 Å². The number of hydrogen-bond acceptors (Lipinski definition) is 6. The third kappa shape index (κ3) is 6.51. The van der Waals surface area contributed by atoms with Crippen molar-refractivity contribution in [1.82, 2.24) is 0 Å². The summed E-state index contributed by atoms with van der Waals surface area (Å²) in [6.45, 7) is 7.83. The average molecular weight is 461 g/mol. The van der Waals surface area contributed by atoms with Crippen LogP contribution in [0.4, 0.5) is 4.39 Å². The standard InChI is InChI=1S/C26H33FO6/c1-5-31-25(30)15-32-20-13-21(17-6-9-23(27)16(2)10-17)22(26(3,4)14-20)8-7-19-11-18(28)12-24(29)33-19/h6-10,18-20,28H,5,11-15H2,1-4H3/b8-7+/t18-,19-,20?/m1/s1. The predicted octanol–water partition coefficient (Wildman–Crippen LogP) is 4.28. The fraction of sp³-hybridized carbons (Fsp3) is 0.538. The van der Waals surface area contributed by atoms with Crippen molar-refractivity contribution in [2.45, 2.75) is 71.7 Å². The summed E-state index contributed by atoms with van der Waals surface area (Å²) in [6.07, 6.45) is 3.91. The van der Waals surface area contributed by atoms with E-state index in [1.807, 2.05) is 18.2 Å². The van der Waals surface area contributed by atoms with Gasteiger partial charge < -0.3 is 19.3 Å². The van der Waals surface area contributed by atoms with E-state index in [1.54, 1.807) is 19.9 Å². The van der Waals surface area contributed by atoms with Gasteiger partial charge >= 0.3 is 11.9 Å². The molecule has 1 unspecified atom stereocenters. The van der Waals surface area contributed by atoms with Crippen LogP contribution >= 0.6 is 0 Å². The van der Waals surface area contributed by atoms with Crippen LogP contribution in [0.5, 0.6) is 0 Å². The molecule has 1 aromatic carbocycles. The number of hydrogen-bond donors (Lipinski definition) is 1. The second kappa shape index (κ2) is 10.6. The van der Waals surface area contributed by atoms with Crippen molar-refractivity contribution >= 4 is 17.5 Å². The van der Waals surface area contributed by atoms with Gasteiger partial charge in [0.25, 0.3) is 0 Å². The van der Waals surface area contributed by atoms with E-state index < -0.39 is 24.1 Å². The zero-order chi connectivity index (χ0) is 24.2. The second-order valence-corrected chi connectivity index (χ2v) is 9.37. The van der Waals surface area contributed by atoms with Crippen LogP contribution in [0.3, 0.4) is 0 Å². The number of esters is 2. The van der Waals surface area contributed by atoms with Crippen molar-refractivity contribution in [3.8, 4) is 0 Å². The summed E-state index contributed by atoms with van der Waals surface area (Å²) in [5.41, 5.74) is 3.11. The van der Waals surface area contributed by atoms with Crippen molar-refractivity contribution in [1.29, 1.82) is 0 Å². The van der Waals surface area contributed by atoms with Gasteiger partial charge in [0.15, 0.2) is 0 Å². The lowest BCUT2D eigenvalue weighted by Gasteiger charge is -2.39. The maximum atomic E-state index is 14.0. The number of allylic oxidation sites excluding steroid dienone is 2. The van der Waals surface area contributed by atoms with Gasteiger partial charge in [-0.25, -0.2) is 9.18 Å². The smallest absolute Gasteiger partial charge is 0.332 e. The quantitative estimate of drug-likeness (QED) is 0.612. The van der Waals surface area contributed by atoms with E-state index in [0.717, 1.165) is 16.7 Å². The number of ether oxygens (including phenoxy) is 3. The number of aliphatic hydroxyl groups excluding tert-OH is 1. The molecule has 1 fully saturated rings. The molecule has 0 saturated carbocycles. The number of aryl methyl sites for hydroxylation is 1. The summed E-state index contributed by atoms with van der Waals surface area (Å²) in [5.74, 6) is -1.09. The Morgan fingerprint density at radius 3 is 2.76 bits per heavy atom. The molecule has 0 bridgehead atoms. The Balaban J connectivity index is 1.94. The molecule has 0 spiro atoms. The molecule has 1 aliphatic carbocycles. The molecule has 3 rings (SSSR count). The molecule has 33 heavy (non-hydrogen) atoms. The zero-order valence-corrected chi connectivity index (χ0v) is 19.7. The van der Waals surface area contributed by atoms with Crippen LogP contribution in [0.15, 0.2) is 35.9 Å². The Morgan fingerprint density at radius 1 is 1.33 bits per heavy atom. The van der Waals surface area contributed by atoms with Gasteiger partial charge in [0, 0.05) is 6.42 Å². The number of carbonyl (C=O) groups is 2. The van der Waals surface area contributed by atoms with E-state index in [-0.39, 0.29) is 30.4 Å². The summed E-state index contributed by atoms with van der Waals surface area (Å²) in [7, 11) is 0. The number of cyclic esters (lactones) is 1. The Labute approximate surface area is 194 Å². The molecular formula is C26H33FO6. The van der Waals surface area contributed by atoms with Gasteiger partial charge in [-0.2, -0.15) is 0 Å². The van der Waals surface area contributed by atoms with Crippen LogP contribution in [0.1, 0.15) is 57.6 Å². The first-order valence-corrected chi connectivity index (χ1v) is 11.4. The Bertz CT molecular complexity index is 948. The lowest BCUT2D eigenvalue weighted by Crippen LogP contribution is -2.33. The lowest BCUT2D eigenvalue weighted by molar-refractivity contribution is -0.156. The van der Waals surface area contributed by atoms with Gasteiger partial charge in [-0.15, -0.1) is 0 Å². The Morgan fingerprint density at radius 2 is 2.09 bits per heavy atom. The summed E-state index contributed by atoms with van der Waals surface area (Å²) in [4.78, 5) is 23.5. The van der Waals surface area contributed by atoms with Crippen LogP contribution in [0.2, 0.25) is 0 Å². The SMILES string of the molecule is CCOC(=O)COC1CC(c2ccc(F)c(C)c2)=C(/C=C/[C@@H]2C[C@@H](O)CC(=O)O2)C(C)(C)C1. The highest BCUT2D eigenvalue weighted by Gasteiger charge is 2.36. The highest BCUT2D eigenvalue weighted by atomic mass is 19.1. The van der Waals surface area contributed by atoms with Gasteiger partial charge in [-0.3, -0.25) is 4.79 Å². The molecular weight excluding hydrogens is 427 g/mol. The first-order chi connectivity index (χ1) is 15.6. The van der Waals surface area contributed by atoms with E-state index in [9.17, 15) is 19.1 Å². The van der Waals surface area contributed by atoms with Crippen LogP contribution in [0, 0.1) is 18.2 Å². The molecule has 180 valence electrons. The fourth-order valence-corrected chi connectivity index (χ4v) is 4.57. The van der Waals surface area contributed by atoms with E-state index in [1.165, 1.54) is 6.07 Å². The highest BCUT2D eigenvalue weighted by Crippen LogP contribution is 2.46. The number of benzene rings is 1. The van der Waals surface area contributed by atoms with Gasteiger partial charge in [-0.05, 0) is 72.6 Å². The predicted molar refractivity (Wildman–Crippen MR) is 122 cm³/mol. The zero-order valence-electron chi connectivity index (χ0n) is 19.7. The summed E-state index contributed by atoms with van der Waals surface area (Å²) < 4.78 is 30.2. The topological polar surface area (TPSA) is 82.1 Å². The summed E-state index contributed by atoms with van der Waals surface area (Å²) in [5, 5.41) is 9.92. The van der Waals surface area contributed by atoms with Crippen molar-refractivity contribution in [2.75, 3.05) is 13.2 Å². The minimum Gasteiger partial charge on any atom is -0.464 e. The first kappa shape index (κ1) is 25.1. The number of rotatable bonds is 7. The third-order valence-electron chi connectivity index (χ3n) is 6.14. The fourth-order valence-electron chi connectivity index (χ4n) is 4.57. The summed E-state index contributed by atoms with van der Waals surface area (Å²) in [6, 6.07) is 5.01. The Hall–Kier alpha value is -2.51. The summed E-state index contributed by atoms with van der Waals surface area (Å²) >= 11 is 0. The average Bonchev–Trinajstić information content (AvgIpc) is 2.72. The molecule has 2 aliphatic rings. The van der Waals surface area contributed by atoms with Gasteiger partial charge in [0.2, 0.25) is 0 Å². The molecule has 1 heterocycles. The van der Waals surface area contributed by atoms with E-state index in [4.69, 9.17) is 14.2 Å². The van der Waals surface area contributed by atoms with Crippen LogP contribution in [-0.2, 0) is 23.8 Å². The molecule has 1 saturated heterocycles. The number of aliphatic hydroxyl groups is 1. The lowest BCUT2D eigenvalue weighted by atomic mass is 9.69. The normalized spacial score (nSPS) is 25.3. The number of halogens is 1. The van der Waals surface area contributed by atoms with Crippen molar-refractivity contribution in [3.05, 3.63) is 52.9 Å². The minimum absolute atomic E-state index is 0.0120. The molecule has 0 radical (unpaired) electrons. The van der Waals surface area contributed by atoms with Crippen LogP contribution in [-0.4, -0.2) is 48.6 Å². The number of carbonyl (C=O) groups excluding carboxylic acids is 2. The maximum Gasteiger partial charge on any atom is 0.332 e. The van der Waals surface area contributed by atoms with Crippen LogP contribution < -0.4 is 0 Å². The molecule has 0 aromatic heterocycles. The molecule has 1 aromatic rings. The molecule has 1 aliphatic heterocycles. The Kier molecular flexibility index (Phi) is 8.08. The molecule has 6 nitrogen and oxygen atoms in total. The van der Waals surface area contributed by atoms with E-state index in [0.29, 0.717) is 31.4 Å². The van der Waals surface area contributed by atoms with Crippen molar-refractivity contribution in [2.24, 2.45) is 5.41 Å². The van der Waals surface area contributed by atoms with E-state index in [2.05, 4.69) is 13.8 Å². The molecule has 7 heteroatoms. The van der Waals surface area contributed by atoms with Crippen LogP contribution in [0.25, 0.3) is 5.57 Å².